The maximum Gasteiger partial charge on any atom is 0.00162 e. The van der Waals surface area contributed by atoms with E-state index in [0.29, 0.717) is 0 Å². The zero-order valence-electron chi connectivity index (χ0n) is 9.72. The molecule has 0 spiro atoms. The van der Waals surface area contributed by atoms with E-state index in [0.717, 1.165) is 12.8 Å². The first-order chi connectivity index (χ1) is 6.69. The molecule has 0 nitrogen and oxygen atoms in total. The van der Waals surface area contributed by atoms with Gasteiger partial charge < -0.3 is 0 Å². The van der Waals surface area contributed by atoms with Gasteiger partial charge in [-0.05, 0) is 24.0 Å². The van der Waals surface area contributed by atoms with Crippen LogP contribution in [0, 0.1) is 11.8 Å². The smallest absolute Gasteiger partial charge is 0.00162 e. The molecule has 1 rings (SSSR count). The Bertz CT molecular complexity index is 229. The summed E-state index contributed by atoms with van der Waals surface area (Å²) in [4.78, 5) is 0. The molecule has 0 heterocycles. The molecule has 0 heteroatoms. The Kier molecular flexibility index (Phi) is 4.19. The summed E-state index contributed by atoms with van der Waals surface area (Å²) in [5.41, 5.74) is 2.75. The fourth-order valence-corrected chi connectivity index (χ4v) is 1.45. The molecule has 0 atom stereocenters. The summed E-state index contributed by atoms with van der Waals surface area (Å²) < 4.78 is 0. The Labute approximate surface area is 88.4 Å². The SMILES string of the molecule is CC[C](C)c1ccc([C](C)CC)cc1. The zero-order chi connectivity index (χ0) is 10.6. The van der Waals surface area contributed by atoms with Crippen molar-refractivity contribution in [2.45, 2.75) is 40.5 Å². The molecule has 0 aromatic heterocycles. The van der Waals surface area contributed by atoms with Gasteiger partial charge >= 0.3 is 0 Å². The fraction of sp³-hybridized carbons (Fsp3) is 0.429. The second-order valence-corrected chi connectivity index (χ2v) is 3.85. The number of hydrogen-bond acceptors (Lipinski definition) is 0. The third kappa shape index (κ3) is 2.60. The average Bonchev–Trinajstić information content (AvgIpc) is 2.27. The van der Waals surface area contributed by atoms with Crippen LogP contribution in [0.25, 0.3) is 0 Å². The van der Waals surface area contributed by atoms with Crippen molar-refractivity contribution in [3.05, 3.63) is 47.2 Å². The molecule has 0 aliphatic heterocycles. The summed E-state index contributed by atoms with van der Waals surface area (Å²) in [6, 6.07) is 8.92. The van der Waals surface area contributed by atoms with Crippen molar-refractivity contribution < 1.29 is 0 Å². The number of hydrogen-bond donors (Lipinski definition) is 0. The molecule has 2 radical (unpaired) electrons. The van der Waals surface area contributed by atoms with Gasteiger partial charge in [0.15, 0.2) is 0 Å². The third-order valence-electron chi connectivity index (χ3n) is 2.93. The highest BCUT2D eigenvalue weighted by molar-refractivity contribution is 5.37. The molecule has 76 valence electrons. The minimum absolute atomic E-state index is 1.13. The lowest BCUT2D eigenvalue weighted by atomic mass is 9.93. The largest absolute Gasteiger partial charge is 0.0645 e. The first-order valence-electron chi connectivity index (χ1n) is 5.44. The molecular weight excluding hydrogens is 168 g/mol. The van der Waals surface area contributed by atoms with E-state index in [-0.39, 0.29) is 0 Å². The molecule has 0 fully saturated rings. The zero-order valence-corrected chi connectivity index (χ0v) is 9.72. The van der Waals surface area contributed by atoms with E-state index >= 15 is 0 Å². The van der Waals surface area contributed by atoms with Gasteiger partial charge in [0.1, 0.15) is 0 Å². The van der Waals surface area contributed by atoms with Crippen LogP contribution in [0.15, 0.2) is 24.3 Å². The van der Waals surface area contributed by atoms with E-state index in [1.54, 1.807) is 0 Å². The van der Waals surface area contributed by atoms with Crippen molar-refractivity contribution in [1.29, 1.82) is 0 Å². The van der Waals surface area contributed by atoms with Crippen molar-refractivity contribution in [2.24, 2.45) is 0 Å². The Balaban J connectivity index is 2.78. The topological polar surface area (TPSA) is 0 Å². The summed E-state index contributed by atoms with van der Waals surface area (Å²) >= 11 is 0. The second kappa shape index (κ2) is 5.19. The van der Waals surface area contributed by atoms with Crippen molar-refractivity contribution in [3.63, 3.8) is 0 Å². The summed E-state index contributed by atoms with van der Waals surface area (Å²) in [6.45, 7) is 8.80. The molecule has 0 amide bonds. The van der Waals surface area contributed by atoms with E-state index in [9.17, 15) is 0 Å². The van der Waals surface area contributed by atoms with Crippen LogP contribution in [-0.4, -0.2) is 0 Å². The van der Waals surface area contributed by atoms with Crippen molar-refractivity contribution in [2.75, 3.05) is 0 Å². The van der Waals surface area contributed by atoms with Gasteiger partial charge in [-0.3, -0.25) is 0 Å². The van der Waals surface area contributed by atoms with E-state index in [1.165, 1.54) is 23.0 Å². The minimum Gasteiger partial charge on any atom is -0.0645 e. The highest BCUT2D eigenvalue weighted by Gasteiger charge is 2.06. The Morgan fingerprint density at radius 1 is 0.786 bits per heavy atom. The standard InChI is InChI=1S/C14H20/c1-5-11(3)13-7-9-14(10-8-13)12(4)6-2/h7-10H,5-6H2,1-4H3. The molecule has 0 bridgehead atoms. The van der Waals surface area contributed by atoms with Gasteiger partial charge in [-0.2, -0.15) is 0 Å². The van der Waals surface area contributed by atoms with Crippen LogP contribution in [0.4, 0.5) is 0 Å². The number of rotatable bonds is 4. The first kappa shape index (κ1) is 11.3. The second-order valence-electron chi connectivity index (χ2n) is 3.85. The van der Waals surface area contributed by atoms with Gasteiger partial charge in [-0.25, -0.2) is 0 Å². The minimum atomic E-state index is 1.13. The normalized spacial score (nSPS) is 11.3. The maximum atomic E-state index is 2.23. The first-order valence-corrected chi connectivity index (χ1v) is 5.44. The van der Waals surface area contributed by atoms with Crippen molar-refractivity contribution in [3.8, 4) is 0 Å². The molecule has 1 aromatic carbocycles. The summed E-state index contributed by atoms with van der Waals surface area (Å²) in [5, 5.41) is 0. The molecular formula is C14H20. The highest BCUT2D eigenvalue weighted by Crippen LogP contribution is 2.22. The fourth-order valence-electron chi connectivity index (χ4n) is 1.45. The molecule has 0 aliphatic carbocycles. The van der Waals surface area contributed by atoms with Gasteiger partial charge in [0.05, 0.1) is 0 Å². The lowest BCUT2D eigenvalue weighted by Crippen LogP contribution is -1.95. The predicted octanol–water partition coefficient (Wildman–Crippen LogP) is 4.39. The molecule has 0 saturated carbocycles. The van der Waals surface area contributed by atoms with Crippen LogP contribution in [-0.2, 0) is 0 Å². The van der Waals surface area contributed by atoms with E-state index < -0.39 is 0 Å². The van der Waals surface area contributed by atoms with Crippen LogP contribution in [0.5, 0.6) is 0 Å². The van der Waals surface area contributed by atoms with Gasteiger partial charge in [0, 0.05) is 11.8 Å². The summed E-state index contributed by atoms with van der Waals surface area (Å²) in [7, 11) is 0. The lowest BCUT2D eigenvalue weighted by Gasteiger charge is -2.11. The van der Waals surface area contributed by atoms with Gasteiger partial charge in [0.2, 0.25) is 0 Å². The Hall–Kier alpha value is -0.780. The summed E-state index contributed by atoms with van der Waals surface area (Å²) in [5.74, 6) is 2.93. The number of benzene rings is 1. The van der Waals surface area contributed by atoms with Gasteiger partial charge in [-0.15, -0.1) is 0 Å². The molecule has 1 aromatic rings. The Morgan fingerprint density at radius 2 is 1.07 bits per heavy atom. The molecule has 0 saturated heterocycles. The van der Waals surface area contributed by atoms with E-state index in [2.05, 4.69) is 52.0 Å². The molecule has 0 unspecified atom stereocenters. The van der Waals surface area contributed by atoms with Crippen LogP contribution < -0.4 is 0 Å². The van der Waals surface area contributed by atoms with Crippen LogP contribution in [0.3, 0.4) is 0 Å². The summed E-state index contributed by atoms with van der Waals surface area (Å²) in [6.07, 6.45) is 2.27. The quantitative estimate of drug-likeness (QED) is 0.657. The van der Waals surface area contributed by atoms with Crippen LogP contribution in [0.2, 0.25) is 0 Å². The van der Waals surface area contributed by atoms with Crippen LogP contribution >= 0.6 is 0 Å². The van der Waals surface area contributed by atoms with Crippen LogP contribution in [0.1, 0.15) is 51.7 Å². The molecule has 0 N–H and O–H groups in total. The highest BCUT2D eigenvalue weighted by atomic mass is 14.1. The molecule has 14 heavy (non-hydrogen) atoms. The monoisotopic (exact) mass is 188 g/mol. The van der Waals surface area contributed by atoms with E-state index in [1.807, 2.05) is 0 Å². The average molecular weight is 188 g/mol. The molecule has 0 aliphatic rings. The Morgan fingerprint density at radius 3 is 1.29 bits per heavy atom. The van der Waals surface area contributed by atoms with Gasteiger partial charge in [-0.1, -0.05) is 52.0 Å². The van der Waals surface area contributed by atoms with Gasteiger partial charge in [0.25, 0.3) is 0 Å². The van der Waals surface area contributed by atoms with Crippen molar-refractivity contribution in [1.82, 2.24) is 0 Å². The third-order valence-corrected chi connectivity index (χ3v) is 2.93. The lowest BCUT2D eigenvalue weighted by molar-refractivity contribution is 0.942. The maximum absolute atomic E-state index is 2.23. The van der Waals surface area contributed by atoms with Crippen molar-refractivity contribution >= 4 is 0 Å². The van der Waals surface area contributed by atoms with E-state index in [4.69, 9.17) is 0 Å². The predicted molar refractivity (Wildman–Crippen MR) is 63.1 cm³/mol.